The number of hydrogen-bond acceptors (Lipinski definition) is 6. The lowest BCUT2D eigenvalue weighted by Gasteiger charge is -2.34. The predicted octanol–water partition coefficient (Wildman–Crippen LogP) is 4.24. The second-order valence-corrected chi connectivity index (χ2v) is 9.25. The van der Waals surface area contributed by atoms with E-state index in [4.69, 9.17) is 4.74 Å². The van der Waals surface area contributed by atoms with Crippen LogP contribution in [0.3, 0.4) is 0 Å². The summed E-state index contributed by atoms with van der Waals surface area (Å²) in [4.78, 5) is 15.1. The molecule has 0 radical (unpaired) electrons. The molecule has 1 saturated heterocycles. The lowest BCUT2D eigenvalue weighted by atomic mass is 10.3. The zero-order valence-corrected chi connectivity index (χ0v) is 18.3. The number of aromatic nitrogens is 2. The Kier molecular flexibility index (Phi) is 6.11. The van der Waals surface area contributed by atoms with E-state index in [-0.39, 0.29) is 17.3 Å². The molecule has 1 amide bonds. The molecule has 3 N–H and O–H groups in total. The van der Waals surface area contributed by atoms with Crippen LogP contribution in [0.2, 0.25) is 0 Å². The average Bonchev–Trinajstić information content (AvgIpc) is 3.17. The van der Waals surface area contributed by atoms with E-state index in [2.05, 4.69) is 25.8 Å². The molecule has 1 aromatic heterocycles. The maximum atomic E-state index is 13.1. The van der Waals surface area contributed by atoms with E-state index in [1.165, 1.54) is 0 Å². The molecule has 2 aromatic carbocycles. The molecule has 3 aromatic rings. The molecule has 1 aliphatic rings. The Labute approximate surface area is 184 Å². The molecule has 1 fully saturated rings. The molecule has 0 atom stereocenters. The Morgan fingerprint density at radius 2 is 1.73 bits per heavy atom. The highest BCUT2D eigenvalue weighted by molar-refractivity contribution is 9.10. The van der Waals surface area contributed by atoms with Crippen molar-refractivity contribution in [3.63, 3.8) is 0 Å². The molecule has 8 nitrogen and oxygen atoms in total. The van der Waals surface area contributed by atoms with Gasteiger partial charge in [0.2, 0.25) is 0 Å². The Morgan fingerprint density at radius 3 is 2.43 bits per heavy atom. The molecule has 2 heterocycles. The summed E-state index contributed by atoms with van der Waals surface area (Å²) < 4.78 is 31.8. The van der Waals surface area contributed by atoms with Gasteiger partial charge in [0.1, 0.15) is 5.69 Å². The van der Waals surface area contributed by atoms with E-state index in [1.807, 2.05) is 30.3 Å². The third-order valence-corrected chi connectivity index (χ3v) is 7.06. The number of carbonyl (C=O) groups is 1. The van der Waals surface area contributed by atoms with Crippen molar-refractivity contribution in [3.8, 4) is 5.69 Å². The van der Waals surface area contributed by atoms with Gasteiger partial charge < -0.3 is 9.64 Å². The number of halogens is 1. The van der Waals surface area contributed by atoms with E-state index in [1.54, 1.807) is 40.0 Å². The number of amides is 1. The lowest BCUT2D eigenvalue weighted by molar-refractivity contribution is 0.0299. The zero-order chi connectivity index (χ0) is 21.1. The van der Waals surface area contributed by atoms with Crippen molar-refractivity contribution in [2.45, 2.75) is 4.90 Å². The molecular formula is C20H21BrN4O4S. The van der Waals surface area contributed by atoms with E-state index in [9.17, 15) is 13.9 Å². The Balaban J connectivity index is 1.72. The summed E-state index contributed by atoms with van der Waals surface area (Å²) in [7, 11) is -3.45. The minimum atomic E-state index is -3.45. The summed E-state index contributed by atoms with van der Waals surface area (Å²) in [5, 5.41) is 4.46. The van der Waals surface area contributed by atoms with Gasteiger partial charge >= 0.3 is 0 Å². The number of anilines is 1. The van der Waals surface area contributed by atoms with Crippen LogP contribution in [0.15, 0.2) is 70.2 Å². The minimum absolute atomic E-state index is 0.118. The van der Waals surface area contributed by atoms with E-state index >= 15 is 0 Å². The highest BCUT2D eigenvalue weighted by Gasteiger charge is 2.28. The first kappa shape index (κ1) is 20.9. The summed E-state index contributed by atoms with van der Waals surface area (Å²) in [5.74, 6) is -0.294. The normalized spacial score (nSPS) is 15.1. The Morgan fingerprint density at radius 1 is 1.07 bits per heavy atom. The van der Waals surface area contributed by atoms with E-state index in [0.29, 0.717) is 35.7 Å². The second-order valence-electron chi connectivity index (χ2n) is 6.66. The third kappa shape index (κ3) is 4.37. The third-order valence-electron chi connectivity index (χ3n) is 4.63. The van der Waals surface area contributed by atoms with Crippen LogP contribution in [0.5, 0.6) is 0 Å². The Bertz CT molecular complexity index is 1040. The first-order chi connectivity index (χ1) is 14.5. The molecule has 10 heteroatoms. The number of nitrogens with zero attached hydrogens (tertiary/aromatic N) is 3. The van der Waals surface area contributed by atoms with Crippen LogP contribution >= 0.6 is 26.7 Å². The van der Waals surface area contributed by atoms with Gasteiger partial charge in [-0.25, -0.2) is 4.68 Å². The first-order valence-corrected chi connectivity index (χ1v) is 11.6. The smallest absolute Gasteiger partial charge is 0.276 e. The van der Waals surface area contributed by atoms with Gasteiger partial charge in [0.25, 0.3) is 5.91 Å². The quantitative estimate of drug-likeness (QED) is 0.492. The minimum Gasteiger partial charge on any atom is -0.378 e. The molecule has 0 bridgehead atoms. The summed E-state index contributed by atoms with van der Waals surface area (Å²) in [5.41, 5.74) is 1.11. The number of carbonyl (C=O) groups excluding carboxylic acids is 1. The Hall–Kier alpha value is -2.37. The van der Waals surface area contributed by atoms with Crippen molar-refractivity contribution >= 4 is 38.3 Å². The first-order valence-electron chi connectivity index (χ1n) is 9.28. The van der Waals surface area contributed by atoms with Crippen LogP contribution in [0.25, 0.3) is 5.69 Å². The van der Waals surface area contributed by atoms with Crippen LogP contribution in [-0.4, -0.2) is 56.0 Å². The highest BCUT2D eigenvalue weighted by Crippen LogP contribution is 2.51. The van der Waals surface area contributed by atoms with Gasteiger partial charge in [-0.3, -0.25) is 18.6 Å². The van der Waals surface area contributed by atoms with Crippen LogP contribution in [0.1, 0.15) is 10.5 Å². The fourth-order valence-corrected chi connectivity index (χ4v) is 5.26. The maximum Gasteiger partial charge on any atom is 0.276 e. The SMILES string of the molecule is O=C(c1nn(-c2ccccc2)cc1NS(O)(O)c1ccccc1Br)N1CCOCC1. The summed E-state index contributed by atoms with van der Waals surface area (Å²) in [6, 6.07) is 16.1. The summed E-state index contributed by atoms with van der Waals surface area (Å²) >= 11 is 3.35. The van der Waals surface area contributed by atoms with Crippen LogP contribution in [0.4, 0.5) is 5.69 Å². The van der Waals surface area contributed by atoms with Gasteiger partial charge in [-0.2, -0.15) is 5.10 Å². The number of benzene rings is 2. The van der Waals surface area contributed by atoms with Crippen molar-refractivity contribution in [3.05, 3.63) is 71.0 Å². The van der Waals surface area contributed by atoms with Crippen molar-refractivity contribution in [2.75, 3.05) is 31.0 Å². The number of ether oxygens (including phenoxy) is 1. The number of rotatable bonds is 5. The largest absolute Gasteiger partial charge is 0.378 e. The molecule has 0 saturated carbocycles. The average molecular weight is 493 g/mol. The topological polar surface area (TPSA) is 99.9 Å². The molecule has 4 rings (SSSR count). The summed E-state index contributed by atoms with van der Waals surface area (Å²) in [6.45, 7) is 1.83. The van der Waals surface area contributed by atoms with E-state index < -0.39 is 10.8 Å². The van der Waals surface area contributed by atoms with Gasteiger partial charge in [0.15, 0.2) is 5.69 Å². The monoisotopic (exact) mass is 492 g/mol. The van der Waals surface area contributed by atoms with Gasteiger partial charge in [-0.05, 0) is 40.2 Å². The van der Waals surface area contributed by atoms with E-state index in [0.717, 1.165) is 5.69 Å². The number of nitrogens with one attached hydrogen (secondary N) is 1. The molecule has 1 aliphatic heterocycles. The zero-order valence-electron chi connectivity index (χ0n) is 15.9. The van der Waals surface area contributed by atoms with Gasteiger partial charge in [-0.1, -0.05) is 41.1 Å². The number of morpholine rings is 1. The fourth-order valence-electron chi connectivity index (χ4n) is 3.12. The van der Waals surface area contributed by atoms with Crippen molar-refractivity contribution < 1.29 is 18.6 Å². The number of para-hydroxylation sites is 1. The van der Waals surface area contributed by atoms with Crippen molar-refractivity contribution in [1.82, 2.24) is 14.7 Å². The van der Waals surface area contributed by atoms with Crippen molar-refractivity contribution in [1.29, 1.82) is 0 Å². The van der Waals surface area contributed by atoms with Crippen LogP contribution in [0, 0.1) is 0 Å². The van der Waals surface area contributed by atoms with Gasteiger partial charge in [-0.15, -0.1) is 0 Å². The van der Waals surface area contributed by atoms with Gasteiger partial charge in [0.05, 0.1) is 30.0 Å². The molecule has 0 unspecified atom stereocenters. The summed E-state index contributed by atoms with van der Waals surface area (Å²) in [6.07, 6.45) is 1.59. The lowest BCUT2D eigenvalue weighted by Crippen LogP contribution is -2.41. The fraction of sp³-hybridized carbons (Fsp3) is 0.200. The molecule has 158 valence electrons. The molecule has 0 aliphatic carbocycles. The highest BCUT2D eigenvalue weighted by atomic mass is 79.9. The molecule has 30 heavy (non-hydrogen) atoms. The molecule has 0 spiro atoms. The maximum absolute atomic E-state index is 13.1. The van der Waals surface area contributed by atoms with Crippen LogP contribution < -0.4 is 4.72 Å². The molecular weight excluding hydrogens is 472 g/mol. The standard InChI is InChI=1S/C20H21BrN4O4S/c21-16-8-4-5-9-18(16)30(27,28)23-17-14-25(15-6-2-1-3-7-15)22-19(17)20(26)24-10-12-29-13-11-24/h1-9,14,23,27-28H,10-13H2. The predicted molar refractivity (Wildman–Crippen MR) is 119 cm³/mol. The number of hydrogen-bond donors (Lipinski definition) is 3. The van der Waals surface area contributed by atoms with Crippen molar-refractivity contribution in [2.24, 2.45) is 0 Å². The second kappa shape index (κ2) is 8.78. The van der Waals surface area contributed by atoms with Gasteiger partial charge in [0, 0.05) is 17.6 Å². The van der Waals surface area contributed by atoms with Crippen LogP contribution in [-0.2, 0) is 4.74 Å².